The fourth-order valence-corrected chi connectivity index (χ4v) is 3.23. The van der Waals surface area contributed by atoms with Gasteiger partial charge in [-0.15, -0.1) is 0 Å². The molecule has 4 rings (SSSR count). The summed E-state index contributed by atoms with van der Waals surface area (Å²) in [6.45, 7) is 5.23. The molecule has 1 aromatic heterocycles. The molecule has 2 amide bonds. The summed E-state index contributed by atoms with van der Waals surface area (Å²) in [7, 11) is 0. The van der Waals surface area contributed by atoms with Crippen LogP contribution >= 0.6 is 0 Å². The Hall–Kier alpha value is -2.63. The van der Waals surface area contributed by atoms with E-state index >= 15 is 0 Å². The second kappa shape index (κ2) is 6.70. The molecule has 2 heterocycles. The smallest absolute Gasteiger partial charge is 0.322 e. The summed E-state index contributed by atoms with van der Waals surface area (Å²) >= 11 is 0. The molecule has 1 saturated carbocycles. The number of rotatable bonds is 3. The van der Waals surface area contributed by atoms with Crippen molar-refractivity contribution in [2.24, 2.45) is 0 Å². The number of piperazine rings is 1. The van der Waals surface area contributed by atoms with E-state index in [1.807, 2.05) is 4.90 Å². The number of hydrogen-bond acceptors (Lipinski definition) is 4. The lowest BCUT2D eigenvalue weighted by Gasteiger charge is -2.36. The van der Waals surface area contributed by atoms with E-state index in [4.69, 9.17) is 0 Å². The monoisotopic (exact) mass is 337 g/mol. The third-order valence-electron chi connectivity index (χ3n) is 4.89. The summed E-state index contributed by atoms with van der Waals surface area (Å²) in [4.78, 5) is 25.3. The lowest BCUT2D eigenvalue weighted by Crippen LogP contribution is -2.50. The van der Waals surface area contributed by atoms with Crippen LogP contribution in [0.4, 0.5) is 16.2 Å². The van der Waals surface area contributed by atoms with Crippen LogP contribution in [0.3, 0.4) is 0 Å². The van der Waals surface area contributed by atoms with E-state index in [2.05, 4.69) is 51.4 Å². The SMILES string of the molecule is Cc1ccccc1N1CCN(C(=O)Nc2cnc(C3CC3)nc2)CC1. The van der Waals surface area contributed by atoms with E-state index < -0.39 is 0 Å². The van der Waals surface area contributed by atoms with Crippen molar-refractivity contribution in [1.82, 2.24) is 14.9 Å². The van der Waals surface area contributed by atoms with Gasteiger partial charge in [0.05, 0.1) is 18.1 Å². The van der Waals surface area contributed by atoms with Crippen LogP contribution in [0.5, 0.6) is 0 Å². The summed E-state index contributed by atoms with van der Waals surface area (Å²) in [5, 5.41) is 2.91. The second-order valence-corrected chi connectivity index (χ2v) is 6.79. The Bertz CT molecular complexity index is 749. The summed E-state index contributed by atoms with van der Waals surface area (Å²) < 4.78 is 0. The molecule has 1 saturated heterocycles. The molecule has 1 aliphatic carbocycles. The summed E-state index contributed by atoms with van der Waals surface area (Å²) in [5.41, 5.74) is 3.19. The highest BCUT2D eigenvalue weighted by molar-refractivity contribution is 5.89. The van der Waals surface area contributed by atoms with Gasteiger partial charge in [-0.25, -0.2) is 14.8 Å². The maximum atomic E-state index is 12.4. The summed E-state index contributed by atoms with van der Waals surface area (Å²) in [6, 6.07) is 8.31. The van der Waals surface area contributed by atoms with Gasteiger partial charge in [-0.1, -0.05) is 18.2 Å². The highest BCUT2D eigenvalue weighted by Crippen LogP contribution is 2.37. The number of nitrogens with one attached hydrogen (secondary N) is 1. The Morgan fingerprint density at radius 3 is 2.40 bits per heavy atom. The Balaban J connectivity index is 1.32. The van der Waals surface area contributed by atoms with Crippen LogP contribution < -0.4 is 10.2 Å². The fraction of sp³-hybridized carbons (Fsp3) is 0.421. The Morgan fingerprint density at radius 2 is 1.76 bits per heavy atom. The number of carbonyl (C=O) groups excluding carboxylic acids is 1. The summed E-state index contributed by atoms with van der Waals surface area (Å²) in [6.07, 6.45) is 5.78. The van der Waals surface area contributed by atoms with Crippen molar-refractivity contribution in [3.05, 3.63) is 48.0 Å². The van der Waals surface area contributed by atoms with Gasteiger partial charge in [0.15, 0.2) is 0 Å². The highest BCUT2D eigenvalue weighted by Gasteiger charge is 2.26. The average molecular weight is 337 g/mol. The van der Waals surface area contributed by atoms with Crippen LogP contribution in [0.15, 0.2) is 36.7 Å². The van der Waals surface area contributed by atoms with Crippen molar-refractivity contribution < 1.29 is 4.79 Å². The first-order chi connectivity index (χ1) is 12.2. The molecule has 25 heavy (non-hydrogen) atoms. The second-order valence-electron chi connectivity index (χ2n) is 6.79. The Kier molecular flexibility index (Phi) is 4.26. The number of anilines is 2. The minimum Gasteiger partial charge on any atom is -0.368 e. The van der Waals surface area contributed by atoms with Gasteiger partial charge in [-0.2, -0.15) is 0 Å². The third-order valence-corrected chi connectivity index (χ3v) is 4.89. The van der Waals surface area contributed by atoms with E-state index in [0.29, 0.717) is 24.7 Å². The summed E-state index contributed by atoms with van der Waals surface area (Å²) in [5.74, 6) is 1.42. The van der Waals surface area contributed by atoms with E-state index in [-0.39, 0.29) is 6.03 Å². The van der Waals surface area contributed by atoms with Crippen LogP contribution in [0, 0.1) is 6.92 Å². The standard InChI is InChI=1S/C19H23N5O/c1-14-4-2-3-5-17(14)23-8-10-24(11-9-23)19(25)22-16-12-20-18(21-13-16)15-6-7-15/h2-5,12-13,15H,6-11H2,1H3,(H,22,25). The van der Waals surface area contributed by atoms with Crippen LogP contribution in [0.2, 0.25) is 0 Å². The van der Waals surface area contributed by atoms with Crippen molar-refractivity contribution in [1.29, 1.82) is 0 Å². The maximum absolute atomic E-state index is 12.4. The van der Waals surface area contributed by atoms with E-state index in [0.717, 1.165) is 18.9 Å². The maximum Gasteiger partial charge on any atom is 0.322 e. The highest BCUT2D eigenvalue weighted by atomic mass is 16.2. The van der Waals surface area contributed by atoms with E-state index in [9.17, 15) is 4.79 Å². The zero-order valence-electron chi connectivity index (χ0n) is 14.5. The van der Waals surface area contributed by atoms with Crippen molar-refractivity contribution in [3.8, 4) is 0 Å². The Morgan fingerprint density at radius 1 is 1.08 bits per heavy atom. The minimum absolute atomic E-state index is 0.0767. The van der Waals surface area contributed by atoms with E-state index in [1.54, 1.807) is 12.4 Å². The lowest BCUT2D eigenvalue weighted by molar-refractivity contribution is 0.208. The predicted molar refractivity (Wildman–Crippen MR) is 98.0 cm³/mol. The number of amides is 2. The normalized spacial score (nSPS) is 17.5. The molecule has 1 aromatic carbocycles. The quantitative estimate of drug-likeness (QED) is 0.935. The topological polar surface area (TPSA) is 61.4 Å². The molecule has 0 spiro atoms. The number of urea groups is 1. The molecule has 1 aliphatic heterocycles. The molecule has 2 aliphatic rings. The average Bonchev–Trinajstić information content (AvgIpc) is 3.48. The zero-order chi connectivity index (χ0) is 17.2. The fourth-order valence-electron chi connectivity index (χ4n) is 3.23. The van der Waals surface area contributed by atoms with Crippen molar-refractivity contribution in [2.45, 2.75) is 25.7 Å². The number of carbonyl (C=O) groups is 1. The zero-order valence-corrected chi connectivity index (χ0v) is 14.5. The molecule has 6 heteroatoms. The largest absolute Gasteiger partial charge is 0.368 e. The first-order valence-corrected chi connectivity index (χ1v) is 8.89. The van der Waals surface area contributed by atoms with Gasteiger partial charge in [-0.3, -0.25) is 0 Å². The molecule has 6 nitrogen and oxygen atoms in total. The van der Waals surface area contributed by atoms with Gasteiger partial charge in [-0.05, 0) is 31.4 Å². The van der Waals surface area contributed by atoms with Crippen LogP contribution in [0.1, 0.15) is 30.1 Å². The molecular weight excluding hydrogens is 314 g/mol. The van der Waals surface area contributed by atoms with Gasteiger partial charge >= 0.3 is 6.03 Å². The van der Waals surface area contributed by atoms with Gasteiger partial charge in [0.1, 0.15) is 5.82 Å². The van der Waals surface area contributed by atoms with Crippen molar-refractivity contribution in [2.75, 3.05) is 36.4 Å². The minimum atomic E-state index is -0.0767. The number of aryl methyl sites for hydroxylation is 1. The van der Waals surface area contributed by atoms with Crippen LogP contribution in [0.25, 0.3) is 0 Å². The molecule has 0 unspecified atom stereocenters. The Labute approximate surface area is 147 Å². The third kappa shape index (κ3) is 3.57. The molecule has 130 valence electrons. The molecular formula is C19H23N5O. The molecule has 1 N–H and O–H groups in total. The first-order valence-electron chi connectivity index (χ1n) is 8.89. The first kappa shape index (κ1) is 15.9. The van der Waals surface area contributed by atoms with Crippen LogP contribution in [-0.4, -0.2) is 47.1 Å². The number of benzene rings is 1. The molecule has 0 radical (unpaired) electrons. The number of hydrogen-bond donors (Lipinski definition) is 1. The number of para-hydroxylation sites is 1. The van der Waals surface area contributed by atoms with Gasteiger partial charge in [0.25, 0.3) is 0 Å². The van der Waals surface area contributed by atoms with Crippen molar-refractivity contribution >= 4 is 17.4 Å². The molecule has 0 bridgehead atoms. The van der Waals surface area contributed by atoms with Crippen LogP contribution in [-0.2, 0) is 0 Å². The van der Waals surface area contributed by atoms with Crippen molar-refractivity contribution in [3.63, 3.8) is 0 Å². The molecule has 2 fully saturated rings. The predicted octanol–water partition coefficient (Wildman–Crippen LogP) is 3.02. The van der Waals surface area contributed by atoms with E-state index in [1.165, 1.54) is 24.1 Å². The molecule has 2 aromatic rings. The van der Waals surface area contributed by atoms with Gasteiger partial charge in [0.2, 0.25) is 0 Å². The number of nitrogens with zero attached hydrogens (tertiary/aromatic N) is 4. The lowest BCUT2D eigenvalue weighted by atomic mass is 10.1. The van der Waals surface area contributed by atoms with Gasteiger partial charge in [0, 0.05) is 37.8 Å². The molecule has 0 atom stereocenters. The van der Waals surface area contributed by atoms with Gasteiger partial charge < -0.3 is 15.1 Å². The number of aromatic nitrogens is 2.